The molecule has 1 aromatic heterocycles. The van der Waals surface area contributed by atoms with Crippen LogP contribution in [0.5, 0.6) is 0 Å². The van der Waals surface area contributed by atoms with Gasteiger partial charge in [0.05, 0.1) is 11.5 Å². The summed E-state index contributed by atoms with van der Waals surface area (Å²) in [6.07, 6.45) is 6.05. The van der Waals surface area contributed by atoms with Crippen molar-refractivity contribution in [1.29, 1.82) is 5.26 Å². The lowest BCUT2D eigenvalue weighted by Crippen LogP contribution is -2.44. The first-order chi connectivity index (χ1) is 10.6. The number of hydrogen-bond donors (Lipinski definition) is 0. The van der Waals surface area contributed by atoms with Gasteiger partial charge < -0.3 is 4.57 Å². The summed E-state index contributed by atoms with van der Waals surface area (Å²) in [4.78, 5) is 0. The first-order valence-electron chi connectivity index (χ1n) is 7.24. The number of nitriles is 1. The van der Waals surface area contributed by atoms with Gasteiger partial charge in [0.25, 0.3) is 0 Å². The fourth-order valence-corrected chi connectivity index (χ4v) is 3.98. The second-order valence-corrected chi connectivity index (χ2v) is 6.88. The van der Waals surface area contributed by atoms with E-state index in [1.807, 2.05) is 23.8 Å². The van der Waals surface area contributed by atoms with Crippen molar-refractivity contribution in [3.63, 3.8) is 0 Å². The standard InChI is InChI=1S/C17H17BrN4/c1-3-12-6-14(8-15(18)7-12)17(9-13(10-17)4-5-19)16-21-20-11-22(16)2/h3,6-8,11,13H,1,4,9-10H2,2H3. The predicted molar refractivity (Wildman–Crippen MR) is 89.0 cm³/mol. The Morgan fingerprint density at radius 1 is 1.50 bits per heavy atom. The molecule has 112 valence electrons. The fourth-order valence-electron chi connectivity index (χ4n) is 3.47. The SMILES string of the molecule is C=Cc1cc(Br)cc(C2(c3nncn3C)CC(CC#N)C2)c1. The van der Waals surface area contributed by atoms with E-state index in [9.17, 15) is 0 Å². The number of halogens is 1. The molecule has 2 aromatic rings. The van der Waals surface area contributed by atoms with Crippen molar-refractivity contribution in [2.24, 2.45) is 13.0 Å². The van der Waals surface area contributed by atoms with Gasteiger partial charge in [-0.3, -0.25) is 0 Å². The zero-order chi connectivity index (χ0) is 15.7. The lowest BCUT2D eigenvalue weighted by atomic mass is 9.57. The number of benzene rings is 1. The van der Waals surface area contributed by atoms with Crippen molar-refractivity contribution in [1.82, 2.24) is 14.8 Å². The fraction of sp³-hybridized carbons (Fsp3) is 0.353. The van der Waals surface area contributed by atoms with Crippen molar-refractivity contribution in [2.45, 2.75) is 24.7 Å². The minimum atomic E-state index is -0.158. The molecule has 4 nitrogen and oxygen atoms in total. The van der Waals surface area contributed by atoms with Crippen molar-refractivity contribution < 1.29 is 0 Å². The van der Waals surface area contributed by atoms with E-state index in [2.05, 4.69) is 50.9 Å². The Bertz CT molecular complexity index is 750. The zero-order valence-corrected chi connectivity index (χ0v) is 14.0. The lowest BCUT2D eigenvalue weighted by molar-refractivity contribution is 0.172. The van der Waals surface area contributed by atoms with E-state index < -0.39 is 0 Å². The molecular formula is C17H17BrN4. The molecule has 5 heteroatoms. The Balaban J connectivity index is 2.08. The number of aromatic nitrogens is 3. The highest BCUT2D eigenvalue weighted by Crippen LogP contribution is 2.53. The molecular weight excluding hydrogens is 340 g/mol. The Morgan fingerprint density at radius 3 is 2.86 bits per heavy atom. The Kier molecular flexibility index (Phi) is 3.88. The zero-order valence-electron chi connectivity index (χ0n) is 12.5. The highest BCUT2D eigenvalue weighted by atomic mass is 79.9. The molecule has 1 aliphatic rings. The van der Waals surface area contributed by atoms with Crippen LogP contribution in [0.3, 0.4) is 0 Å². The molecule has 0 N–H and O–H groups in total. The van der Waals surface area contributed by atoms with Crippen LogP contribution in [0.25, 0.3) is 6.08 Å². The second-order valence-electron chi connectivity index (χ2n) is 5.96. The van der Waals surface area contributed by atoms with Gasteiger partial charge in [-0.2, -0.15) is 5.26 Å². The summed E-state index contributed by atoms with van der Waals surface area (Å²) in [6.45, 7) is 3.87. The molecule has 1 aromatic carbocycles. The van der Waals surface area contributed by atoms with Gasteiger partial charge in [0.15, 0.2) is 0 Å². The van der Waals surface area contributed by atoms with Gasteiger partial charge in [0.1, 0.15) is 12.2 Å². The molecule has 0 amide bonds. The van der Waals surface area contributed by atoms with Gasteiger partial charge in [0.2, 0.25) is 0 Å². The van der Waals surface area contributed by atoms with Crippen molar-refractivity contribution >= 4 is 22.0 Å². The van der Waals surface area contributed by atoms with E-state index in [1.54, 1.807) is 6.33 Å². The largest absolute Gasteiger partial charge is 0.320 e. The molecule has 0 radical (unpaired) electrons. The van der Waals surface area contributed by atoms with Gasteiger partial charge in [-0.1, -0.05) is 34.7 Å². The molecule has 1 heterocycles. The van der Waals surface area contributed by atoms with E-state index in [0.717, 1.165) is 28.7 Å². The summed E-state index contributed by atoms with van der Waals surface area (Å²) in [6, 6.07) is 8.64. The Hall–Kier alpha value is -1.93. The average molecular weight is 357 g/mol. The summed E-state index contributed by atoms with van der Waals surface area (Å²) in [5.41, 5.74) is 2.13. The summed E-state index contributed by atoms with van der Waals surface area (Å²) in [5.74, 6) is 1.39. The second kappa shape index (κ2) is 5.69. The van der Waals surface area contributed by atoms with Crippen LogP contribution in [0.1, 0.15) is 36.2 Å². The summed E-state index contributed by atoms with van der Waals surface area (Å²) < 4.78 is 3.02. The number of hydrogen-bond acceptors (Lipinski definition) is 3. The van der Waals surface area contributed by atoms with Crippen LogP contribution in [0.15, 0.2) is 35.6 Å². The molecule has 0 saturated heterocycles. The van der Waals surface area contributed by atoms with Crippen LogP contribution in [-0.2, 0) is 12.5 Å². The van der Waals surface area contributed by atoms with E-state index >= 15 is 0 Å². The van der Waals surface area contributed by atoms with Crippen molar-refractivity contribution in [2.75, 3.05) is 0 Å². The van der Waals surface area contributed by atoms with Gasteiger partial charge in [-0.05, 0) is 42.0 Å². The first-order valence-corrected chi connectivity index (χ1v) is 8.03. The third kappa shape index (κ3) is 2.38. The minimum Gasteiger partial charge on any atom is -0.320 e. The molecule has 22 heavy (non-hydrogen) atoms. The van der Waals surface area contributed by atoms with E-state index in [4.69, 9.17) is 5.26 Å². The van der Waals surface area contributed by atoms with Crippen LogP contribution in [0.2, 0.25) is 0 Å². The molecule has 1 fully saturated rings. The highest BCUT2D eigenvalue weighted by molar-refractivity contribution is 9.10. The molecule has 0 atom stereocenters. The monoisotopic (exact) mass is 356 g/mol. The van der Waals surface area contributed by atoms with Crippen molar-refractivity contribution in [3.05, 3.63) is 52.5 Å². The van der Waals surface area contributed by atoms with Crippen LogP contribution < -0.4 is 0 Å². The molecule has 1 aliphatic carbocycles. The number of nitrogens with zero attached hydrogens (tertiary/aromatic N) is 4. The maximum Gasteiger partial charge on any atom is 0.143 e. The van der Waals surface area contributed by atoms with Gasteiger partial charge in [-0.15, -0.1) is 10.2 Å². The maximum absolute atomic E-state index is 8.95. The molecule has 3 rings (SSSR count). The summed E-state index contributed by atoms with van der Waals surface area (Å²) >= 11 is 3.58. The van der Waals surface area contributed by atoms with Crippen LogP contribution >= 0.6 is 15.9 Å². The number of rotatable bonds is 4. The molecule has 0 aliphatic heterocycles. The maximum atomic E-state index is 8.95. The Morgan fingerprint density at radius 2 is 2.27 bits per heavy atom. The normalized spacial score (nSPS) is 23.6. The van der Waals surface area contributed by atoms with Gasteiger partial charge in [0, 0.05) is 17.9 Å². The van der Waals surface area contributed by atoms with E-state index in [-0.39, 0.29) is 5.41 Å². The first kappa shape index (κ1) is 15.0. The highest BCUT2D eigenvalue weighted by Gasteiger charge is 2.49. The lowest BCUT2D eigenvalue weighted by Gasteiger charge is -2.46. The minimum absolute atomic E-state index is 0.158. The van der Waals surface area contributed by atoms with Crippen LogP contribution in [0, 0.1) is 17.2 Å². The topological polar surface area (TPSA) is 54.5 Å². The smallest absolute Gasteiger partial charge is 0.143 e. The van der Waals surface area contributed by atoms with Crippen LogP contribution in [-0.4, -0.2) is 14.8 Å². The molecule has 0 spiro atoms. The third-order valence-electron chi connectivity index (χ3n) is 4.50. The van der Waals surface area contributed by atoms with Gasteiger partial charge >= 0.3 is 0 Å². The van der Waals surface area contributed by atoms with Crippen molar-refractivity contribution in [3.8, 4) is 6.07 Å². The van der Waals surface area contributed by atoms with Gasteiger partial charge in [-0.25, -0.2) is 0 Å². The average Bonchev–Trinajstić information content (AvgIpc) is 2.88. The van der Waals surface area contributed by atoms with E-state index in [0.29, 0.717) is 12.3 Å². The Labute approximate surface area is 138 Å². The van der Waals surface area contributed by atoms with Crippen LogP contribution in [0.4, 0.5) is 0 Å². The third-order valence-corrected chi connectivity index (χ3v) is 4.96. The predicted octanol–water partition coefficient (Wildman–Crippen LogP) is 3.83. The molecule has 1 saturated carbocycles. The summed E-state index contributed by atoms with van der Waals surface area (Å²) in [7, 11) is 1.97. The quantitative estimate of drug-likeness (QED) is 0.836. The van der Waals surface area contributed by atoms with E-state index in [1.165, 1.54) is 5.56 Å². The number of aryl methyl sites for hydroxylation is 1. The molecule has 0 unspecified atom stereocenters. The molecule has 0 bridgehead atoms. The summed E-state index contributed by atoms with van der Waals surface area (Å²) in [5, 5.41) is 17.4.